The van der Waals surface area contributed by atoms with Gasteiger partial charge in [0.15, 0.2) is 23.3 Å². The molecule has 0 bridgehead atoms. The normalized spacial score (nSPS) is 17.7. The summed E-state index contributed by atoms with van der Waals surface area (Å²) >= 11 is 0. The molecule has 1 aliphatic heterocycles. The van der Waals surface area contributed by atoms with Crippen molar-refractivity contribution in [3.05, 3.63) is 65.1 Å². The minimum absolute atomic E-state index is 0.0744. The van der Waals surface area contributed by atoms with Crippen LogP contribution in [0.2, 0.25) is 0 Å². The van der Waals surface area contributed by atoms with Gasteiger partial charge in [-0.25, -0.2) is 23.1 Å². The van der Waals surface area contributed by atoms with E-state index in [4.69, 9.17) is 4.98 Å². The predicted molar refractivity (Wildman–Crippen MR) is 125 cm³/mol. The van der Waals surface area contributed by atoms with E-state index < -0.39 is 17.5 Å². The van der Waals surface area contributed by atoms with Gasteiger partial charge in [0.05, 0.1) is 18.9 Å². The van der Waals surface area contributed by atoms with Crippen LogP contribution in [-0.4, -0.2) is 45.3 Å². The molecule has 1 amide bonds. The minimum Gasteiger partial charge on any atom is -0.342 e. The van der Waals surface area contributed by atoms with Gasteiger partial charge in [0.25, 0.3) is 0 Å². The molecule has 35 heavy (non-hydrogen) atoms. The lowest BCUT2D eigenvalue weighted by Gasteiger charge is -2.40. The molecule has 7 nitrogen and oxygen atoms in total. The maximum absolute atomic E-state index is 13.5. The molecule has 2 aromatic heterocycles. The summed E-state index contributed by atoms with van der Waals surface area (Å²) in [5.41, 5.74) is 1.94. The quantitative estimate of drug-likeness (QED) is 0.454. The molecule has 10 heteroatoms. The third kappa shape index (κ3) is 4.74. The third-order valence-electron chi connectivity index (χ3n) is 6.68. The van der Waals surface area contributed by atoms with Gasteiger partial charge in [0.1, 0.15) is 17.6 Å². The topological polar surface area (TPSA) is 67.2 Å². The van der Waals surface area contributed by atoms with Crippen molar-refractivity contribution in [2.75, 3.05) is 23.4 Å². The predicted octanol–water partition coefficient (Wildman–Crippen LogP) is 3.90. The van der Waals surface area contributed by atoms with Gasteiger partial charge in [-0.15, -0.1) is 0 Å². The zero-order valence-electron chi connectivity index (χ0n) is 19.7. The molecule has 3 aromatic rings. The Hall–Kier alpha value is -3.43. The van der Waals surface area contributed by atoms with Crippen LogP contribution in [0.25, 0.3) is 0 Å². The average Bonchev–Trinajstić information content (AvgIpc) is 3.56. The Morgan fingerprint density at radius 3 is 2.49 bits per heavy atom. The van der Waals surface area contributed by atoms with E-state index in [0.717, 1.165) is 42.2 Å². The van der Waals surface area contributed by atoms with Gasteiger partial charge in [-0.2, -0.15) is 5.10 Å². The summed E-state index contributed by atoms with van der Waals surface area (Å²) in [5.74, 6) is -1.73. The number of hydrogen-bond donors (Lipinski definition) is 0. The van der Waals surface area contributed by atoms with Crippen LogP contribution in [0.3, 0.4) is 0 Å². The second-order valence-electron chi connectivity index (χ2n) is 9.33. The molecule has 1 fully saturated rings. The molecule has 0 N–H and O–H groups in total. The Morgan fingerprint density at radius 2 is 1.80 bits per heavy atom. The molecule has 5 rings (SSSR count). The smallest absolute Gasteiger partial charge is 0.249 e. The molecular formula is C25H27F3N6O. The maximum Gasteiger partial charge on any atom is 0.249 e. The van der Waals surface area contributed by atoms with E-state index in [0.29, 0.717) is 24.6 Å². The number of hydrogen-bond acceptors (Lipinski definition) is 5. The highest BCUT2D eigenvalue weighted by Crippen LogP contribution is 2.38. The van der Waals surface area contributed by atoms with Gasteiger partial charge < -0.3 is 9.80 Å². The van der Waals surface area contributed by atoms with Crippen LogP contribution in [0.5, 0.6) is 0 Å². The lowest BCUT2D eigenvalue weighted by molar-refractivity contribution is -0.120. The molecule has 184 valence electrons. The van der Waals surface area contributed by atoms with Crippen molar-refractivity contribution in [2.24, 2.45) is 5.92 Å². The van der Waals surface area contributed by atoms with E-state index in [1.807, 2.05) is 6.92 Å². The zero-order chi connectivity index (χ0) is 24.7. The highest BCUT2D eigenvalue weighted by Gasteiger charge is 2.39. The second-order valence-corrected chi connectivity index (χ2v) is 9.33. The van der Waals surface area contributed by atoms with Crippen molar-refractivity contribution in [1.29, 1.82) is 0 Å². The minimum atomic E-state index is -1.48. The van der Waals surface area contributed by atoms with Crippen LogP contribution in [0.4, 0.5) is 24.7 Å². The number of carbonyl (C=O) groups excluding carboxylic acids is 1. The summed E-state index contributed by atoms with van der Waals surface area (Å²) in [6.45, 7) is 2.98. The summed E-state index contributed by atoms with van der Waals surface area (Å²) in [6.07, 6.45) is 9.49. The lowest BCUT2D eigenvalue weighted by atomic mass is 10.1. The summed E-state index contributed by atoms with van der Waals surface area (Å²) in [6, 6.07) is 1.73. The maximum atomic E-state index is 13.5. The highest BCUT2D eigenvalue weighted by molar-refractivity contribution is 6.04. The first-order valence-electron chi connectivity index (χ1n) is 11.9. The fourth-order valence-electron chi connectivity index (χ4n) is 4.55. The molecule has 1 saturated carbocycles. The average molecular weight is 485 g/mol. The van der Waals surface area contributed by atoms with Crippen molar-refractivity contribution in [3.8, 4) is 0 Å². The van der Waals surface area contributed by atoms with Gasteiger partial charge in [-0.1, -0.05) is 6.92 Å². The number of carbonyl (C=O) groups is 1. The number of likely N-dealkylation sites (N-methyl/N-ethyl adjacent to an activating group) is 1. The van der Waals surface area contributed by atoms with Crippen molar-refractivity contribution in [2.45, 2.75) is 51.6 Å². The first-order chi connectivity index (χ1) is 16.8. The van der Waals surface area contributed by atoms with Gasteiger partial charge in [-0.05, 0) is 54.9 Å². The number of amides is 1. The van der Waals surface area contributed by atoms with Gasteiger partial charge in [-0.3, -0.25) is 9.48 Å². The van der Waals surface area contributed by atoms with Gasteiger partial charge >= 0.3 is 0 Å². The van der Waals surface area contributed by atoms with Gasteiger partial charge in [0, 0.05) is 26.2 Å². The van der Waals surface area contributed by atoms with Crippen molar-refractivity contribution >= 4 is 17.4 Å². The van der Waals surface area contributed by atoms with Crippen LogP contribution >= 0.6 is 0 Å². The number of aryl methyl sites for hydroxylation is 2. The van der Waals surface area contributed by atoms with E-state index in [-0.39, 0.29) is 24.1 Å². The summed E-state index contributed by atoms with van der Waals surface area (Å²) in [5, 5.41) is 4.25. The summed E-state index contributed by atoms with van der Waals surface area (Å²) in [7, 11) is 1.77. The second kappa shape index (κ2) is 9.31. The number of fused-ring (bicyclic) bond motifs is 1. The molecule has 1 atom stereocenters. The standard InChI is InChI=1S/C25H27F3N6O/c1-3-20-25(35)32(2)21-11-29-22(31-24(21)34(20)14-15-4-5-15)7-6-16-10-30-33(12-16)13-17-8-18(26)23(28)19(27)9-17/h8-12,15,20H,3-7,13-14H2,1-2H3/t20-/m1/s1. The number of rotatable bonds is 8. The van der Waals surface area contributed by atoms with Crippen molar-refractivity contribution in [1.82, 2.24) is 19.7 Å². The summed E-state index contributed by atoms with van der Waals surface area (Å²) in [4.78, 5) is 26.0. The van der Waals surface area contributed by atoms with E-state index >= 15 is 0 Å². The fraction of sp³-hybridized carbons (Fsp3) is 0.440. The largest absolute Gasteiger partial charge is 0.342 e. The molecule has 1 aromatic carbocycles. The molecule has 0 radical (unpaired) electrons. The molecule has 1 aliphatic carbocycles. The zero-order valence-corrected chi connectivity index (χ0v) is 19.7. The monoisotopic (exact) mass is 484 g/mol. The Balaban J connectivity index is 1.30. The molecule has 0 saturated heterocycles. The fourth-order valence-corrected chi connectivity index (χ4v) is 4.55. The molecule has 0 spiro atoms. The third-order valence-corrected chi connectivity index (χ3v) is 6.68. The van der Waals surface area contributed by atoms with Gasteiger partial charge in [0.2, 0.25) is 5.91 Å². The molecular weight excluding hydrogens is 457 g/mol. The molecule has 2 aliphatic rings. The molecule has 3 heterocycles. The molecule has 0 unspecified atom stereocenters. The van der Waals surface area contributed by atoms with Crippen LogP contribution in [0.15, 0.2) is 30.7 Å². The Labute approximate surface area is 201 Å². The van der Waals surface area contributed by atoms with Crippen LogP contribution < -0.4 is 9.80 Å². The van der Waals surface area contributed by atoms with E-state index in [1.54, 1.807) is 35.2 Å². The summed E-state index contributed by atoms with van der Waals surface area (Å²) < 4.78 is 41.7. The van der Waals surface area contributed by atoms with Crippen LogP contribution in [0.1, 0.15) is 43.1 Å². The number of halogens is 3. The Kier molecular flexibility index (Phi) is 6.21. The number of benzene rings is 1. The first-order valence-corrected chi connectivity index (χ1v) is 11.9. The van der Waals surface area contributed by atoms with Crippen molar-refractivity contribution in [3.63, 3.8) is 0 Å². The highest BCUT2D eigenvalue weighted by atomic mass is 19.2. The first kappa shape index (κ1) is 23.3. The van der Waals surface area contributed by atoms with Crippen LogP contribution in [-0.2, 0) is 24.2 Å². The SMILES string of the molecule is CC[C@@H]1C(=O)N(C)c2cnc(CCc3cnn(Cc4cc(F)c(F)c(F)c4)c3)nc2N1CC1CC1. The number of nitrogens with zero attached hydrogens (tertiary/aromatic N) is 6. The van der Waals surface area contributed by atoms with E-state index in [1.165, 1.54) is 12.8 Å². The number of aromatic nitrogens is 4. The van der Waals surface area contributed by atoms with E-state index in [2.05, 4.69) is 15.0 Å². The number of anilines is 2. The Morgan fingerprint density at radius 1 is 1.06 bits per heavy atom. The van der Waals surface area contributed by atoms with Crippen LogP contribution in [0, 0.1) is 23.4 Å². The van der Waals surface area contributed by atoms with E-state index in [9.17, 15) is 18.0 Å². The lowest BCUT2D eigenvalue weighted by Crippen LogP contribution is -2.53. The Bertz CT molecular complexity index is 1230. The van der Waals surface area contributed by atoms with Crippen molar-refractivity contribution < 1.29 is 18.0 Å².